The van der Waals surface area contributed by atoms with Crippen molar-refractivity contribution in [1.82, 2.24) is 0 Å². The highest BCUT2D eigenvalue weighted by molar-refractivity contribution is 6.17. The molecule has 1 rings (SSSR count). The lowest BCUT2D eigenvalue weighted by Crippen LogP contribution is -1.99. The Kier molecular flexibility index (Phi) is 4.72. The Hall–Kier alpha value is -0.930. The van der Waals surface area contributed by atoms with Crippen LogP contribution in [0, 0.1) is 6.92 Å². The van der Waals surface area contributed by atoms with Gasteiger partial charge in [-0.15, -0.1) is 11.6 Å². The summed E-state index contributed by atoms with van der Waals surface area (Å²) in [6.07, 6.45) is 0.738. The number of aliphatic hydroxyl groups excluding tert-OH is 1. The molecule has 4 heteroatoms. The van der Waals surface area contributed by atoms with Crippen LogP contribution in [0.1, 0.15) is 17.5 Å². The first-order valence-corrected chi connectivity index (χ1v) is 5.35. The molecule has 1 aromatic carbocycles. The van der Waals surface area contributed by atoms with Gasteiger partial charge in [0.25, 0.3) is 0 Å². The average molecular weight is 231 g/mol. The van der Waals surface area contributed by atoms with Crippen molar-refractivity contribution >= 4 is 11.6 Å². The minimum absolute atomic E-state index is 0.0820. The number of alkyl halides is 1. The summed E-state index contributed by atoms with van der Waals surface area (Å²) < 4.78 is 5.34. The van der Waals surface area contributed by atoms with Crippen molar-refractivity contribution in [2.24, 2.45) is 0 Å². The third-order valence-corrected chi connectivity index (χ3v) is 2.48. The summed E-state index contributed by atoms with van der Waals surface area (Å²) in [5, 5.41) is 18.7. The van der Waals surface area contributed by atoms with Crippen LogP contribution in [0.4, 0.5) is 0 Å². The number of benzene rings is 1. The van der Waals surface area contributed by atoms with Gasteiger partial charge < -0.3 is 14.9 Å². The number of rotatable bonds is 5. The fourth-order valence-corrected chi connectivity index (χ4v) is 1.35. The highest BCUT2D eigenvalue weighted by Crippen LogP contribution is 2.31. The molecule has 0 saturated heterocycles. The molecule has 0 atom stereocenters. The first kappa shape index (κ1) is 12.1. The second-order valence-corrected chi connectivity index (χ2v) is 3.62. The predicted molar refractivity (Wildman–Crippen MR) is 59.6 cm³/mol. The van der Waals surface area contributed by atoms with Gasteiger partial charge in [-0.1, -0.05) is 6.07 Å². The number of ether oxygens (including phenoxy) is 1. The standard InChI is InChI=1S/C11H15ClO3/c1-8-9(7-13)3-4-10(11(8)14)15-6-2-5-12/h3-4,13-14H,2,5-7H2,1H3. The number of aliphatic hydroxyl groups is 1. The van der Waals surface area contributed by atoms with Gasteiger partial charge in [-0.05, 0) is 25.0 Å². The summed E-state index contributed by atoms with van der Waals surface area (Å²) in [5.41, 5.74) is 1.36. The van der Waals surface area contributed by atoms with Gasteiger partial charge >= 0.3 is 0 Å². The monoisotopic (exact) mass is 230 g/mol. The molecular weight excluding hydrogens is 216 g/mol. The fraction of sp³-hybridized carbons (Fsp3) is 0.455. The van der Waals surface area contributed by atoms with Gasteiger partial charge in [-0.2, -0.15) is 0 Å². The first-order chi connectivity index (χ1) is 7.20. The van der Waals surface area contributed by atoms with Crippen molar-refractivity contribution in [2.45, 2.75) is 20.0 Å². The van der Waals surface area contributed by atoms with Crippen LogP contribution in [0.3, 0.4) is 0 Å². The number of hydrogen-bond acceptors (Lipinski definition) is 3. The summed E-state index contributed by atoms with van der Waals surface area (Å²) >= 11 is 5.51. The third-order valence-electron chi connectivity index (χ3n) is 2.21. The molecule has 2 N–H and O–H groups in total. The molecule has 0 aliphatic rings. The van der Waals surface area contributed by atoms with E-state index in [0.29, 0.717) is 29.4 Å². The Morgan fingerprint density at radius 1 is 1.40 bits per heavy atom. The summed E-state index contributed by atoms with van der Waals surface area (Å²) in [4.78, 5) is 0. The van der Waals surface area contributed by atoms with Gasteiger partial charge in [0.1, 0.15) is 0 Å². The van der Waals surface area contributed by atoms with Crippen LogP contribution in [0.2, 0.25) is 0 Å². The lowest BCUT2D eigenvalue weighted by atomic mass is 10.1. The van der Waals surface area contributed by atoms with Gasteiger partial charge in [0.15, 0.2) is 11.5 Å². The second-order valence-electron chi connectivity index (χ2n) is 3.25. The molecule has 0 fully saturated rings. The highest BCUT2D eigenvalue weighted by Gasteiger charge is 2.08. The normalized spacial score (nSPS) is 10.3. The van der Waals surface area contributed by atoms with E-state index in [4.69, 9.17) is 21.4 Å². The Labute approximate surface area is 94.3 Å². The molecule has 0 unspecified atom stereocenters. The minimum atomic E-state index is -0.0820. The maximum absolute atomic E-state index is 9.74. The summed E-state index contributed by atoms with van der Waals surface area (Å²) in [6, 6.07) is 3.40. The molecule has 1 aromatic rings. The van der Waals surface area contributed by atoms with E-state index in [1.54, 1.807) is 19.1 Å². The van der Waals surface area contributed by atoms with Crippen LogP contribution >= 0.6 is 11.6 Å². The van der Waals surface area contributed by atoms with E-state index in [-0.39, 0.29) is 12.4 Å². The predicted octanol–water partition coefficient (Wildman–Crippen LogP) is 2.20. The average Bonchev–Trinajstić information content (AvgIpc) is 2.25. The van der Waals surface area contributed by atoms with Crippen molar-refractivity contribution in [3.05, 3.63) is 23.3 Å². The molecule has 84 valence electrons. The van der Waals surface area contributed by atoms with E-state index in [0.717, 1.165) is 6.42 Å². The lowest BCUT2D eigenvalue weighted by molar-refractivity contribution is 0.277. The van der Waals surface area contributed by atoms with Crippen molar-refractivity contribution in [1.29, 1.82) is 0 Å². The van der Waals surface area contributed by atoms with Crippen LogP contribution in [0.15, 0.2) is 12.1 Å². The Morgan fingerprint density at radius 3 is 2.73 bits per heavy atom. The van der Waals surface area contributed by atoms with Gasteiger partial charge in [0.2, 0.25) is 0 Å². The lowest BCUT2D eigenvalue weighted by Gasteiger charge is -2.11. The van der Waals surface area contributed by atoms with Crippen molar-refractivity contribution < 1.29 is 14.9 Å². The fourth-order valence-electron chi connectivity index (χ4n) is 1.24. The first-order valence-electron chi connectivity index (χ1n) is 4.81. The largest absolute Gasteiger partial charge is 0.504 e. The summed E-state index contributed by atoms with van der Waals surface area (Å²) in [5.74, 6) is 1.07. The van der Waals surface area contributed by atoms with Gasteiger partial charge in [-0.25, -0.2) is 0 Å². The molecule has 0 heterocycles. The maximum Gasteiger partial charge on any atom is 0.161 e. The SMILES string of the molecule is Cc1c(CO)ccc(OCCCCl)c1O. The Balaban J connectivity index is 2.77. The van der Waals surface area contributed by atoms with Crippen molar-refractivity contribution in [3.8, 4) is 11.5 Å². The number of aromatic hydroxyl groups is 1. The Bertz CT molecular complexity index is 326. The summed E-state index contributed by atoms with van der Waals surface area (Å²) in [6.45, 7) is 2.14. The maximum atomic E-state index is 9.74. The van der Waals surface area contributed by atoms with Crippen LogP contribution < -0.4 is 4.74 Å². The van der Waals surface area contributed by atoms with Crippen molar-refractivity contribution in [2.75, 3.05) is 12.5 Å². The molecular formula is C11H15ClO3. The van der Waals surface area contributed by atoms with Crippen LogP contribution in [-0.4, -0.2) is 22.7 Å². The molecule has 0 aliphatic heterocycles. The molecule has 0 aromatic heterocycles. The summed E-state index contributed by atoms with van der Waals surface area (Å²) in [7, 11) is 0. The van der Waals surface area contributed by atoms with Gasteiger partial charge in [0.05, 0.1) is 13.2 Å². The molecule has 0 spiro atoms. The van der Waals surface area contributed by atoms with E-state index < -0.39 is 0 Å². The minimum Gasteiger partial charge on any atom is -0.504 e. The number of phenols is 1. The molecule has 0 saturated carbocycles. The van der Waals surface area contributed by atoms with E-state index in [1.165, 1.54) is 0 Å². The topological polar surface area (TPSA) is 49.7 Å². The third kappa shape index (κ3) is 3.01. The second kappa shape index (κ2) is 5.83. The zero-order valence-corrected chi connectivity index (χ0v) is 9.42. The number of hydrogen-bond donors (Lipinski definition) is 2. The molecule has 0 bridgehead atoms. The quantitative estimate of drug-likeness (QED) is 0.602. The van der Waals surface area contributed by atoms with Crippen LogP contribution in [0.5, 0.6) is 11.5 Å². The molecule has 3 nitrogen and oxygen atoms in total. The van der Waals surface area contributed by atoms with Crippen molar-refractivity contribution in [3.63, 3.8) is 0 Å². The van der Waals surface area contributed by atoms with E-state index in [2.05, 4.69) is 0 Å². The molecule has 15 heavy (non-hydrogen) atoms. The molecule has 0 aliphatic carbocycles. The number of phenolic OH excluding ortho intramolecular Hbond substituents is 1. The smallest absolute Gasteiger partial charge is 0.161 e. The van der Waals surface area contributed by atoms with Crippen LogP contribution in [0.25, 0.3) is 0 Å². The van der Waals surface area contributed by atoms with Gasteiger partial charge in [0, 0.05) is 11.4 Å². The molecule has 0 amide bonds. The van der Waals surface area contributed by atoms with E-state index in [9.17, 15) is 5.11 Å². The van der Waals surface area contributed by atoms with Crippen LogP contribution in [-0.2, 0) is 6.61 Å². The zero-order chi connectivity index (χ0) is 11.3. The van der Waals surface area contributed by atoms with E-state index in [1.807, 2.05) is 0 Å². The van der Waals surface area contributed by atoms with E-state index >= 15 is 0 Å². The number of halogens is 1. The Morgan fingerprint density at radius 2 is 2.13 bits per heavy atom. The van der Waals surface area contributed by atoms with Gasteiger partial charge in [-0.3, -0.25) is 0 Å². The highest BCUT2D eigenvalue weighted by atomic mass is 35.5. The molecule has 0 radical (unpaired) electrons. The zero-order valence-electron chi connectivity index (χ0n) is 8.66.